The first-order valence-corrected chi connectivity index (χ1v) is 8.42. The van der Waals surface area contributed by atoms with Crippen molar-refractivity contribution in [3.05, 3.63) is 28.9 Å². The zero-order chi connectivity index (χ0) is 16.0. The Morgan fingerprint density at radius 3 is 2.83 bits per heavy atom. The Bertz CT molecular complexity index is 694. The van der Waals surface area contributed by atoms with Crippen molar-refractivity contribution in [2.24, 2.45) is 7.05 Å². The van der Waals surface area contributed by atoms with E-state index in [9.17, 15) is 0 Å². The van der Waals surface area contributed by atoms with E-state index in [4.69, 9.17) is 16.1 Å². The Morgan fingerprint density at radius 1 is 1.30 bits per heavy atom. The van der Waals surface area contributed by atoms with Crippen molar-refractivity contribution in [2.45, 2.75) is 31.3 Å². The van der Waals surface area contributed by atoms with Gasteiger partial charge in [0, 0.05) is 32.6 Å². The van der Waals surface area contributed by atoms with Crippen LogP contribution in [0.4, 0.5) is 0 Å². The molecular weight excluding hydrogens is 316 g/mol. The third kappa shape index (κ3) is 3.00. The number of hydrogen-bond acceptors (Lipinski definition) is 6. The average Bonchev–Trinajstić information content (AvgIpc) is 3.21. The SMILES string of the molecule is CN1CCN(Cc2ncc(Cl)n2C)C[C@@H]1c1nc(C2CC2)no1. The van der Waals surface area contributed by atoms with E-state index < -0.39 is 0 Å². The summed E-state index contributed by atoms with van der Waals surface area (Å²) in [7, 11) is 4.05. The fraction of sp³-hybridized carbons (Fsp3) is 0.667. The molecule has 0 unspecified atom stereocenters. The highest BCUT2D eigenvalue weighted by Gasteiger charge is 2.34. The normalized spacial score (nSPS) is 23.5. The van der Waals surface area contributed by atoms with Crippen molar-refractivity contribution in [1.82, 2.24) is 29.5 Å². The minimum atomic E-state index is 0.138. The van der Waals surface area contributed by atoms with E-state index in [1.54, 1.807) is 6.20 Å². The van der Waals surface area contributed by atoms with Gasteiger partial charge < -0.3 is 9.09 Å². The molecular formula is C15H21ClN6O. The van der Waals surface area contributed by atoms with Gasteiger partial charge in [0.05, 0.1) is 12.7 Å². The molecule has 0 bridgehead atoms. The predicted octanol–water partition coefficient (Wildman–Crippen LogP) is 1.82. The lowest BCUT2D eigenvalue weighted by molar-refractivity contribution is 0.0694. The monoisotopic (exact) mass is 336 g/mol. The number of likely N-dealkylation sites (N-methyl/N-ethyl adjacent to an activating group) is 1. The molecule has 7 nitrogen and oxygen atoms in total. The van der Waals surface area contributed by atoms with Gasteiger partial charge in [-0.3, -0.25) is 9.80 Å². The van der Waals surface area contributed by atoms with E-state index in [1.165, 1.54) is 12.8 Å². The lowest BCUT2D eigenvalue weighted by Crippen LogP contribution is -2.46. The van der Waals surface area contributed by atoms with Crippen LogP contribution in [0, 0.1) is 0 Å². The second-order valence-corrected chi connectivity index (χ2v) is 6.94. The fourth-order valence-corrected chi connectivity index (χ4v) is 3.15. The maximum atomic E-state index is 6.07. The molecule has 0 aromatic carbocycles. The highest BCUT2D eigenvalue weighted by atomic mass is 35.5. The molecule has 1 aliphatic heterocycles. The van der Waals surface area contributed by atoms with Crippen LogP contribution in [0.5, 0.6) is 0 Å². The zero-order valence-corrected chi connectivity index (χ0v) is 14.2. The molecule has 8 heteroatoms. The molecule has 1 saturated carbocycles. The Balaban J connectivity index is 1.47. The lowest BCUT2D eigenvalue weighted by atomic mass is 10.1. The summed E-state index contributed by atoms with van der Waals surface area (Å²) in [4.78, 5) is 13.7. The predicted molar refractivity (Wildman–Crippen MR) is 85.1 cm³/mol. The molecule has 1 saturated heterocycles. The van der Waals surface area contributed by atoms with Crippen molar-refractivity contribution in [2.75, 3.05) is 26.7 Å². The first-order valence-electron chi connectivity index (χ1n) is 8.04. The van der Waals surface area contributed by atoms with Crippen molar-refractivity contribution >= 4 is 11.6 Å². The molecule has 124 valence electrons. The summed E-state index contributed by atoms with van der Waals surface area (Å²) in [6, 6.07) is 0.138. The molecule has 0 spiro atoms. The zero-order valence-electron chi connectivity index (χ0n) is 13.4. The lowest BCUT2D eigenvalue weighted by Gasteiger charge is -2.37. The van der Waals surface area contributed by atoms with Gasteiger partial charge in [-0.05, 0) is 19.9 Å². The number of hydrogen-bond donors (Lipinski definition) is 0. The Labute approximate surface area is 140 Å². The quantitative estimate of drug-likeness (QED) is 0.848. The summed E-state index contributed by atoms with van der Waals surface area (Å²) in [6.07, 6.45) is 4.07. The van der Waals surface area contributed by atoms with Crippen LogP contribution in [0.25, 0.3) is 0 Å². The molecule has 2 aromatic rings. The standard InChI is InChI=1S/C15H21ClN6O/c1-20-5-6-22(9-13-17-7-12(16)21(13)2)8-11(20)15-18-14(19-23-15)10-3-4-10/h7,10-11H,3-6,8-9H2,1-2H3/t11-/m1/s1. The van der Waals surface area contributed by atoms with E-state index in [-0.39, 0.29) is 6.04 Å². The molecule has 2 aliphatic rings. The van der Waals surface area contributed by atoms with Crippen molar-refractivity contribution < 1.29 is 4.52 Å². The number of piperazine rings is 1. The maximum Gasteiger partial charge on any atom is 0.245 e. The van der Waals surface area contributed by atoms with E-state index in [1.807, 2.05) is 11.6 Å². The Morgan fingerprint density at radius 2 is 2.13 bits per heavy atom. The van der Waals surface area contributed by atoms with Crippen molar-refractivity contribution in [3.8, 4) is 0 Å². The van der Waals surface area contributed by atoms with E-state index >= 15 is 0 Å². The number of nitrogens with zero attached hydrogens (tertiary/aromatic N) is 6. The van der Waals surface area contributed by atoms with Crippen LogP contribution in [0.2, 0.25) is 5.15 Å². The van der Waals surface area contributed by atoms with Crippen LogP contribution >= 0.6 is 11.6 Å². The van der Waals surface area contributed by atoms with Crippen LogP contribution in [-0.4, -0.2) is 56.2 Å². The molecule has 3 heterocycles. The van der Waals surface area contributed by atoms with Crippen LogP contribution in [0.3, 0.4) is 0 Å². The topological polar surface area (TPSA) is 63.2 Å². The molecule has 23 heavy (non-hydrogen) atoms. The van der Waals surface area contributed by atoms with Crippen LogP contribution in [-0.2, 0) is 13.6 Å². The summed E-state index contributed by atoms with van der Waals surface area (Å²) in [5, 5.41) is 4.81. The van der Waals surface area contributed by atoms with Gasteiger partial charge in [0.25, 0.3) is 0 Å². The number of imidazole rings is 1. The van der Waals surface area contributed by atoms with Gasteiger partial charge >= 0.3 is 0 Å². The van der Waals surface area contributed by atoms with Crippen molar-refractivity contribution in [3.63, 3.8) is 0 Å². The van der Waals surface area contributed by atoms with E-state index in [2.05, 4.69) is 32.0 Å². The molecule has 0 amide bonds. The van der Waals surface area contributed by atoms with Crippen LogP contribution in [0.15, 0.2) is 10.7 Å². The van der Waals surface area contributed by atoms with Crippen LogP contribution in [0.1, 0.15) is 42.3 Å². The van der Waals surface area contributed by atoms with Gasteiger partial charge in [-0.2, -0.15) is 4.98 Å². The Hall–Kier alpha value is -1.44. The van der Waals surface area contributed by atoms with Gasteiger partial charge in [-0.1, -0.05) is 16.8 Å². The number of aromatic nitrogens is 4. The third-order valence-electron chi connectivity index (χ3n) is 4.81. The summed E-state index contributed by atoms with van der Waals surface area (Å²) in [5.41, 5.74) is 0. The van der Waals surface area contributed by atoms with Gasteiger partial charge in [-0.25, -0.2) is 4.98 Å². The Kier molecular flexibility index (Phi) is 3.87. The van der Waals surface area contributed by atoms with E-state index in [0.717, 1.165) is 43.7 Å². The first-order chi connectivity index (χ1) is 11.1. The smallest absolute Gasteiger partial charge is 0.245 e. The first kappa shape index (κ1) is 15.1. The maximum absolute atomic E-state index is 6.07. The summed E-state index contributed by atoms with van der Waals surface area (Å²) in [6.45, 7) is 3.58. The summed E-state index contributed by atoms with van der Waals surface area (Å²) < 4.78 is 7.45. The molecule has 1 aliphatic carbocycles. The summed E-state index contributed by atoms with van der Waals surface area (Å²) >= 11 is 6.07. The van der Waals surface area contributed by atoms with Crippen molar-refractivity contribution in [1.29, 1.82) is 0 Å². The minimum absolute atomic E-state index is 0.138. The second kappa shape index (κ2) is 5.89. The van der Waals surface area contributed by atoms with E-state index in [0.29, 0.717) is 11.1 Å². The molecule has 2 fully saturated rings. The highest BCUT2D eigenvalue weighted by Crippen LogP contribution is 2.38. The van der Waals surface area contributed by atoms with Gasteiger partial charge in [-0.15, -0.1) is 0 Å². The molecule has 1 atom stereocenters. The fourth-order valence-electron chi connectivity index (χ4n) is 3.00. The molecule has 2 aromatic heterocycles. The number of rotatable bonds is 4. The molecule has 0 radical (unpaired) electrons. The van der Waals surface area contributed by atoms with Gasteiger partial charge in [0.2, 0.25) is 5.89 Å². The minimum Gasteiger partial charge on any atom is -0.338 e. The summed E-state index contributed by atoms with van der Waals surface area (Å²) in [5.74, 6) is 3.10. The van der Waals surface area contributed by atoms with Gasteiger partial charge in [0.15, 0.2) is 5.82 Å². The average molecular weight is 337 g/mol. The van der Waals surface area contributed by atoms with Gasteiger partial charge in [0.1, 0.15) is 17.0 Å². The second-order valence-electron chi connectivity index (χ2n) is 6.55. The molecule has 0 N–H and O–H groups in total. The largest absolute Gasteiger partial charge is 0.338 e. The highest BCUT2D eigenvalue weighted by molar-refractivity contribution is 6.29. The number of halogens is 1. The third-order valence-corrected chi connectivity index (χ3v) is 5.16. The van der Waals surface area contributed by atoms with Crippen LogP contribution < -0.4 is 0 Å². The molecule has 4 rings (SSSR count).